The molecule has 1 N–H and O–H groups in total. The average molecular weight is 402 g/mol. The Kier molecular flexibility index (Phi) is 5.46. The summed E-state index contributed by atoms with van der Waals surface area (Å²) in [6.45, 7) is 4.20. The van der Waals surface area contributed by atoms with Crippen LogP contribution >= 0.6 is 11.3 Å². The van der Waals surface area contributed by atoms with Crippen LogP contribution in [0.5, 0.6) is 0 Å². The number of fused-ring (bicyclic) bond motifs is 1. The normalized spacial score (nSPS) is 19.2. The van der Waals surface area contributed by atoms with Gasteiger partial charge in [-0.2, -0.15) is 0 Å². The lowest BCUT2D eigenvalue weighted by atomic mass is 9.87. The zero-order valence-electron chi connectivity index (χ0n) is 15.8. The maximum atomic E-state index is 14.0. The summed E-state index contributed by atoms with van der Waals surface area (Å²) in [4.78, 5) is 29.1. The summed E-state index contributed by atoms with van der Waals surface area (Å²) in [5.74, 6) is -0.751. The van der Waals surface area contributed by atoms with E-state index in [9.17, 15) is 14.0 Å². The number of hydrogen-bond acceptors (Lipinski definition) is 4. The summed E-state index contributed by atoms with van der Waals surface area (Å²) in [5.41, 5.74) is 2.10. The van der Waals surface area contributed by atoms with Crippen LogP contribution in [0.1, 0.15) is 32.1 Å². The van der Waals surface area contributed by atoms with Crippen molar-refractivity contribution in [3.05, 3.63) is 51.0 Å². The smallest absolute Gasteiger partial charge is 0.264 e. The van der Waals surface area contributed by atoms with Gasteiger partial charge in [0.25, 0.3) is 5.91 Å². The number of thiophene rings is 1. The molecule has 1 aromatic heterocycles. The number of morpholine rings is 1. The highest BCUT2D eigenvalue weighted by atomic mass is 32.1. The van der Waals surface area contributed by atoms with Gasteiger partial charge < -0.3 is 15.0 Å². The molecule has 2 aromatic rings. The van der Waals surface area contributed by atoms with Gasteiger partial charge in [0.2, 0.25) is 5.91 Å². The minimum atomic E-state index is -0.418. The molecule has 2 heterocycles. The number of nitrogens with zero attached hydrogens (tertiary/aromatic N) is 1. The minimum absolute atomic E-state index is 0.0467. The van der Waals surface area contributed by atoms with Crippen LogP contribution in [0.25, 0.3) is 0 Å². The number of carbonyl (C=O) groups excluding carboxylic acids is 2. The van der Waals surface area contributed by atoms with Gasteiger partial charge in [-0.3, -0.25) is 9.59 Å². The van der Waals surface area contributed by atoms with E-state index in [1.54, 1.807) is 12.1 Å². The number of benzene rings is 1. The van der Waals surface area contributed by atoms with Crippen LogP contribution in [0.4, 0.5) is 10.1 Å². The molecule has 0 bridgehead atoms. The first-order chi connectivity index (χ1) is 13.5. The van der Waals surface area contributed by atoms with Gasteiger partial charge in [0.05, 0.1) is 23.8 Å². The van der Waals surface area contributed by atoms with Gasteiger partial charge in [-0.1, -0.05) is 6.07 Å². The number of ether oxygens (including phenoxy) is 1. The first-order valence-corrected chi connectivity index (χ1v) is 10.4. The molecule has 5 nitrogen and oxygen atoms in total. The van der Waals surface area contributed by atoms with Gasteiger partial charge in [-0.05, 0) is 55.5 Å². The van der Waals surface area contributed by atoms with Gasteiger partial charge in [0, 0.05) is 23.9 Å². The van der Waals surface area contributed by atoms with Gasteiger partial charge in [-0.25, -0.2) is 4.39 Å². The maximum absolute atomic E-state index is 14.0. The minimum Gasteiger partial charge on any atom is -0.378 e. The molecule has 1 saturated heterocycles. The summed E-state index contributed by atoms with van der Waals surface area (Å²) < 4.78 is 19.3. The van der Waals surface area contributed by atoms with E-state index in [-0.39, 0.29) is 23.4 Å². The Hall–Kier alpha value is -2.25. The molecule has 1 fully saturated rings. The van der Waals surface area contributed by atoms with Crippen molar-refractivity contribution in [3.8, 4) is 0 Å². The molecular weight excluding hydrogens is 379 g/mol. The van der Waals surface area contributed by atoms with Crippen LogP contribution in [0.2, 0.25) is 0 Å². The predicted molar refractivity (Wildman–Crippen MR) is 106 cm³/mol. The quantitative estimate of drug-likeness (QED) is 0.856. The molecule has 0 spiro atoms. The number of rotatable bonds is 3. The SMILES string of the molecule is Cc1ccc(NC(=O)C2CCc3sc(C(=O)N4CCOCC4)cc3C2)c(F)c1. The molecule has 2 aliphatic rings. The van der Waals surface area contributed by atoms with Crippen LogP contribution in [0.15, 0.2) is 24.3 Å². The van der Waals surface area contributed by atoms with Crippen LogP contribution in [0.3, 0.4) is 0 Å². The lowest BCUT2D eigenvalue weighted by Gasteiger charge is -2.26. The van der Waals surface area contributed by atoms with Gasteiger partial charge in [0.15, 0.2) is 0 Å². The Balaban J connectivity index is 1.43. The molecule has 1 aliphatic heterocycles. The standard InChI is InChI=1S/C21H23FN2O3S/c1-13-2-4-17(16(22)10-13)23-20(25)14-3-5-18-15(11-14)12-19(28-18)21(26)24-6-8-27-9-7-24/h2,4,10,12,14H,3,5-9,11H2,1H3,(H,23,25). The van der Waals surface area contributed by atoms with Crippen molar-refractivity contribution in [2.45, 2.75) is 26.2 Å². The van der Waals surface area contributed by atoms with Crippen molar-refractivity contribution in [1.29, 1.82) is 0 Å². The highest BCUT2D eigenvalue weighted by Crippen LogP contribution is 2.33. The summed E-state index contributed by atoms with van der Waals surface area (Å²) in [6, 6.07) is 6.72. The van der Waals surface area contributed by atoms with E-state index in [0.717, 1.165) is 22.4 Å². The summed E-state index contributed by atoms with van der Waals surface area (Å²) in [5, 5.41) is 2.72. The lowest BCUT2D eigenvalue weighted by molar-refractivity contribution is -0.120. The molecule has 1 aromatic carbocycles. The molecule has 1 aliphatic carbocycles. The lowest BCUT2D eigenvalue weighted by Crippen LogP contribution is -2.40. The van der Waals surface area contributed by atoms with E-state index in [4.69, 9.17) is 4.74 Å². The second kappa shape index (κ2) is 8.01. The maximum Gasteiger partial charge on any atom is 0.264 e. The number of amides is 2. The van der Waals surface area contributed by atoms with Gasteiger partial charge in [-0.15, -0.1) is 11.3 Å². The number of carbonyl (C=O) groups is 2. The average Bonchev–Trinajstić information content (AvgIpc) is 3.13. The Labute approximate surface area is 167 Å². The summed E-state index contributed by atoms with van der Waals surface area (Å²) in [7, 11) is 0. The zero-order chi connectivity index (χ0) is 19.7. The second-order valence-electron chi connectivity index (χ2n) is 7.38. The summed E-state index contributed by atoms with van der Waals surface area (Å²) >= 11 is 1.54. The van der Waals surface area contributed by atoms with Crippen molar-refractivity contribution in [1.82, 2.24) is 4.90 Å². The number of anilines is 1. The topological polar surface area (TPSA) is 58.6 Å². The third-order valence-electron chi connectivity index (χ3n) is 5.35. The molecule has 28 heavy (non-hydrogen) atoms. The van der Waals surface area contributed by atoms with Gasteiger partial charge in [0.1, 0.15) is 5.82 Å². The largest absolute Gasteiger partial charge is 0.378 e. The van der Waals surface area contributed by atoms with Crippen molar-refractivity contribution in [2.24, 2.45) is 5.92 Å². The Morgan fingerprint density at radius 3 is 2.79 bits per heavy atom. The fourth-order valence-electron chi connectivity index (χ4n) is 3.73. The fourth-order valence-corrected chi connectivity index (χ4v) is 4.91. The Bertz CT molecular complexity index is 905. The predicted octanol–water partition coefficient (Wildman–Crippen LogP) is 3.41. The van der Waals surface area contributed by atoms with Crippen molar-refractivity contribution in [3.63, 3.8) is 0 Å². The van der Waals surface area contributed by atoms with Crippen LogP contribution in [-0.4, -0.2) is 43.0 Å². The van der Waals surface area contributed by atoms with E-state index < -0.39 is 5.82 Å². The van der Waals surface area contributed by atoms with Crippen LogP contribution in [-0.2, 0) is 22.4 Å². The third-order valence-corrected chi connectivity index (χ3v) is 6.57. The molecule has 2 amide bonds. The van der Waals surface area contributed by atoms with Crippen molar-refractivity contribution >= 4 is 28.8 Å². The zero-order valence-corrected chi connectivity index (χ0v) is 16.6. The van der Waals surface area contributed by atoms with Crippen molar-refractivity contribution < 1.29 is 18.7 Å². The van der Waals surface area contributed by atoms with Gasteiger partial charge >= 0.3 is 0 Å². The number of aryl methyl sites for hydroxylation is 2. The van der Waals surface area contributed by atoms with Crippen molar-refractivity contribution in [2.75, 3.05) is 31.6 Å². The van der Waals surface area contributed by atoms with Crippen LogP contribution in [0, 0.1) is 18.7 Å². The first kappa shape index (κ1) is 19.1. The van der Waals surface area contributed by atoms with E-state index in [1.807, 2.05) is 17.9 Å². The molecule has 4 rings (SSSR count). The van der Waals surface area contributed by atoms with E-state index in [0.29, 0.717) is 39.1 Å². The van der Waals surface area contributed by atoms with E-state index >= 15 is 0 Å². The molecular formula is C21H23FN2O3S. The van der Waals surface area contributed by atoms with Crippen LogP contribution < -0.4 is 5.32 Å². The van der Waals surface area contributed by atoms with E-state index in [1.165, 1.54) is 22.3 Å². The Morgan fingerprint density at radius 2 is 2.04 bits per heavy atom. The number of halogens is 1. The molecule has 1 atom stereocenters. The second-order valence-corrected chi connectivity index (χ2v) is 8.51. The highest BCUT2D eigenvalue weighted by Gasteiger charge is 2.29. The number of nitrogens with one attached hydrogen (secondary N) is 1. The molecule has 0 radical (unpaired) electrons. The Morgan fingerprint density at radius 1 is 1.25 bits per heavy atom. The molecule has 7 heteroatoms. The molecule has 148 valence electrons. The first-order valence-electron chi connectivity index (χ1n) is 9.57. The molecule has 0 saturated carbocycles. The third kappa shape index (κ3) is 3.95. The summed E-state index contributed by atoms with van der Waals surface area (Å²) in [6.07, 6.45) is 2.06. The highest BCUT2D eigenvalue weighted by molar-refractivity contribution is 7.14. The molecule has 1 unspecified atom stereocenters. The van der Waals surface area contributed by atoms with E-state index in [2.05, 4.69) is 5.32 Å². The fraction of sp³-hybridized carbons (Fsp3) is 0.429. The monoisotopic (exact) mass is 402 g/mol. The number of hydrogen-bond donors (Lipinski definition) is 1.